The molecule has 0 aromatic heterocycles. The third kappa shape index (κ3) is 5.89. The lowest BCUT2D eigenvalue weighted by Crippen LogP contribution is -2.39. The van der Waals surface area contributed by atoms with Crippen molar-refractivity contribution in [1.29, 1.82) is 0 Å². The Labute approximate surface area is 279 Å². The summed E-state index contributed by atoms with van der Waals surface area (Å²) in [6, 6.07) is 32.1. The van der Waals surface area contributed by atoms with Crippen molar-refractivity contribution in [3.63, 3.8) is 0 Å². The minimum atomic E-state index is 0.0981. The van der Waals surface area contributed by atoms with Gasteiger partial charge in [0, 0.05) is 46.4 Å². The van der Waals surface area contributed by atoms with Gasteiger partial charge in [-0.3, -0.25) is 0 Å². The van der Waals surface area contributed by atoms with Gasteiger partial charge in [-0.2, -0.15) is 0 Å². The Morgan fingerprint density at radius 2 is 0.783 bits per heavy atom. The normalized spacial score (nSPS) is 23.7. The molecule has 0 aliphatic carbocycles. The summed E-state index contributed by atoms with van der Waals surface area (Å²) in [4.78, 5) is 5.39. The largest absolute Gasteiger partial charge is 0.365 e. The van der Waals surface area contributed by atoms with Crippen LogP contribution in [0.3, 0.4) is 0 Å². The Hall–Kier alpha value is -3.52. The van der Waals surface area contributed by atoms with Gasteiger partial charge in [-0.15, -0.1) is 0 Å². The second kappa shape index (κ2) is 11.6. The van der Waals surface area contributed by atoms with E-state index in [2.05, 4.69) is 164 Å². The first-order valence-electron chi connectivity index (χ1n) is 17.5. The molecule has 2 fully saturated rings. The molecule has 2 nitrogen and oxygen atoms in total. The van der Waals surface area contributed by atoms with Crippen LogP contribution >= 0.6 is 0 Å². The molecular formula is C44H56N2. The smallest absolute Gasteiger partial charge is 0.0430 e. The van der Waals surface area contributed by atoms with Gasteiger partial charge in [-0.25, -0.2) is 0 Å². The van der Waals surface area contributed by atoms with Gasteiger partial charge in [0.15, 0.2) is 0 Å². The quantitative estimate of drug-likeness (QED) is 0.205. The van der Waals surface area contributed by atoms with Crippen LogP contribution in [0.1, 0.15) is 98.9 Å². The van der Waals surface area contributed by atoms with Gasteiger partial charge in [0.2, 0.25) is 0 Å². The zero-order chi connectivity index (χ0) is 33.1. The molecule has 4 aromatic carbocycles. The van der Waals surface area contributed by atoms with Gasteiger partial charge < -0.3 is 9.80 Å². The summed E-state index contributed by atoms with van der Waals surface area (Å²) < 4.78 is 0. The fourth-order valence-electron chi connectivity index (χ4n) is 9.69. The number of benzene rings is 4. The van der Waals surface area contributed by atoms with Gasteiger partial charge in [0.25, 0.3) is 0 Å². The van der Waals surface area contributed by atoms with E-state index < -0.39 is 0 Å². The molecule has 4 aromatic rings. The summed E-state index contributed by atoms with van der Waals surface area (Å²) in [7, 11) is 0. The molecule has 0 radical (unpaired) electrons. The molecule has 0 spiro atoms. The first kappa shape index (κ1) is 32.4. The first-order chi connectivity index (χ1) is 21.6. The van der Waals surface area contributed by atoms with Gasteiger partial charge in [-0.1, -0.05) is 98.8 Å². The predicted molar refractivity (Wildman–Crippen MR) is 199 cm³/mol. The molecule has 0 bridgehead atoms. The van der Waals surface area contributed by atoms with Crippen molar-refractivity contribution in [3.8, 4) is 0 Å². The molecule has 2 aliphatic heterocycles. The lowest BCUT2D eigenvalue weighted by molar-refractivity contribution is 0.444. The molecule has 2 saturated heterocycles. The Kier molecular flexibility index (Phi) is 8.19. The number of hydrogen-bond acceptors (Lipinski definition) is 2. The number of aryl methyl sites for hydroxylation is 6. The van der Waals surface area contributed by atoms with E-state index in [1.807, 2.05) is 0 Å². The molecule has 242 valence electrons. The average molecular weight is 613 g/mol. The van der Waals surface area contributed by atoms with Gasteiger partial charge >= 0.3 is 0 Å². The summed E-state index contributed by atoms with van der Waals surface area (Å²) in [5, 5.41) is 0. The van der Waals surface area contributed by atoms with Crippen molar-refractivity contribution in [1.82, 2.24) is 0 Å². The summed E-state index contributed by atoms with van der Waals surface area (Å²) in [6.45, 7) is 26.0. The van der Waals surface area contributed by atoms with Crippen LogP contribution in [0.5, 0.6) is 0 Å². The maximum absolute atomic E-state index is 2.70. The molecule has 0 unspecified atom stereocenters. The molecule has 0 N–H and O–H groups in total. The molecule has 2 heterocycles. The average Bonchev–Trinajstić information content (AvgIpc) is 3.39. The Bertz CT molecular complexity index is 1540. The summed E-state index contributed by atoms with van der Waals surface area (Å²) in [6.07, 6.45) is 4.43. The SMILES string of the molecule is Cc1cc(CCc2cc(C)c(N3C[C@@](C)(c4ccccc4)CC3(C)C)c(C)c2)cc(C)c1N1C[C@](C)(c2ccccc2)CC1(C)C. The molecule has 2 aliphatic rings. The van der Waals surface area contributed by atoms with Gasteiger partial charge in [0.05, 0.1) is 0 Å². The molecule has 0 amide bonds. The van der Waals surface area contributed by atoms with Crippen LogP contribution in [-0.4, -0.2) is 24.2 Å². The highest BCUT2D eigenvalue weighted by molar-refractivity contribution is 5.65. The lowest BCUT2D eigenvalue weighted by Gasteiger charge is -2.36. The monoisotopic (exact) mass is 612 g/mol. The Balaban J connectivity index is 1.20. The van der Waals surface area contributed by atoms with Crippen molar-refractivity contribution >= 4 is 11.4 Å². The summed E-state index contributed by atoms with van der Waals surface area (Å²) in [5.41, 5.74) is 14.8. The highest BCUT2D eigenvalue weighted by Crippen LogP contribution is 2.49. The van der Waals surface area contributed by atoms with Crippen LogP contribution in [0.25, 0.3) is 0 Å². The number of rotatable bonds is 7. The van der Waals surface area contributed by atoms with Gasteiger partial charge in [0.1, 0.15) is 0 Å². The summed E-state index contributed by atoms with van der Waals surface area (Å²) >= 11 is 0. The van der Waals surface area contributed by atoms with E-state index in [4.69, 9.17) is 0 Å². The first-order valence-corrected chi connectivity index (χ1v) is 17.5. The minimum Gasteiger partial charge on any atom is -0.365 e. The van der Waals surface area contributed by atoms with Crippen molar-refractivity contribution in [2.75, 3.05) is 22.9 Å². The number of hydrogen-bond donors (Lipinski definition) is 0. The predicted octanol–water partition coefficient (Wildman–Crippen LogP) is 10.6. The van der Waals surface area contributed by atoms with E-state index in [-0.39, 0.29) is 21.9 Å². The third-order valence-corrected chi connectivity index (χ3v) is 11.4. The molecule has 0 saturated carbocycles. The highest BCUT2D eigenvalue weighted by atomic mass is 15.2. The second-order valence-electron chi connectivity index (χ2n) is 16.7. The third-order valence-electron chi connectivity index (χ3n) is 11.4. The van der Waals surface area contributed by atoms with E-state index in [0.29, 0.717) is 0 Å². The Morgan fingerprint density at radius 3 is 1.09 bits per heavy atom. The van der Waals surface area contributed by atoms with E-state index in [1.54, 1.807) is 0 Å². The Morgan fingerprint density at radius 1 is 0.478 bits per heavy atom. The molecule has 2 heteroatoms. The second-order valence-corrected chi connectivity index (χ2v) is 16.7. The highest BCUT2D eigenvalue weighted by Gasteiger charge is 2.48. The molecule has 2 atom stereocenters. The van der Waals surface area contributed by atoms with E-state index in [9.17, 15) is 0 Å². The fourth-order valence-corrected chi connectivity index (χ4v) is 9.69. The van der Waals surface area contributed by atoms with Crippen molar-refractivity contribution in [2.24, 2.45) is 0 Å². The number of nitrogens with zero attached hydrogens (tertiary/aromatic N) is 2. The van der Waals surface area contributed by atoms with Crippen LogP contribution in [0.4, 0.5) is 11.4 Å². The van der Waals surface area contributed by atoms with Crippen LogP contribution < -0.4 is 9.80 Å². The minimum absolute atomic E-state index is 0.0981. The van der Waals surface area contributed by atoms with E-state index in [1.165, 1.54) is 55.9 Å². The van der Waals surface area contributed by atoms with Gasteiger partial charge in [-0.05, 0) is 126 Å². The van der Waals surface area contributed by atoms with Crippen molar-refractivity contribution in [2.45, 2.75) is 117 Å². The van der Waals surface area contributed by atoms with Crippen molar-refractivity contribution < 1.29 is 0 Å². The van der Waals surface area contributed by atoms with Crippen LogP contribution in [0.15, 0.2) is 84.9 Å². The molecular weight excluding hydrogens is 556 g/mol. The summed E-state index contributed by atoms with van der Waals surface area (Å²) in [5.74, 6) is 0. The van der Waals surface area contributed by atoms with E-state index >= 15 is 0 Å². The van der Waals surface area contributed by atoms with Crippen LogP contribution in [0.2, 0.25) is 0 Å². The zero-order valence-electron chi connectivity index (χ0n) is 30.2. The van der Waals surface area contributed by atoms with Crippen LogP contribution in [0, 0.1) is 27.7 Å². The maximum atomic E-state index is 2.70. The van der Waals surface area contributed by atoms with Crippen LogP contribution in [-0.2, 0) is 23.7 Å². The van der Waals surface area contributed by atoms with E-state index in [0.717, 1.165) is 38.8 Å². The lowest BCUT2D eigenvalue weighted by atomic mass is 9.78. The zero-order valence-corrected chi connectivity index (χ0v) is 30.2. The topological polar surface area (TPSA) is 6.48 Å². The molecule has 46 heavy (non-hydrogen) atoms. The fraction of sp³-hybridized carbons (Fsp3) is 0.455. The maximum Gasteiger partial charge on any atom is 0.0430 e. The van der Waals surface area contributed by atoms with Crippen molar-refractivity contribution in [3.05, 3.63) is 129 Å². The number of anilines is 2. The standard InChI is InChI=1S/C44H56N2/c1-31-23-35(24-32(2)39(31)45-29-43(9,27-41(45,5)6)37-17-13-11-14-18-37)21-22-36-25-33(3)40(34(4)26-36)46-30-44(10,28-42(46,7)8)38-19-15-12-16-20-38/h11-20,23-26H,21-22,27-30H2,1-10H3/t43-,44+. The molecule has 6 rings (SSSR count).